The zero-order valence-corrected chi connectivity index (χ0v) is 21.9. The van der Waals surface area contributed by atoms with Crippen molar-refractivity contribution in [3.8, 4) is 11.3 Å². The second-order valence-electron chi connectivity index (χ2n) is 9.27. The van der Waals surface area contributed by atoms with E-state index in [9.17, 15) is 9.18 Å². The number of rotatable bonds is 8. The van der Waals surface area contributed by atoms with Crippen LogP contribution < -0.4 is 0 Å². The number of benzene rings is 3. The highest BCUT2D eigenvalue weighted by molar-refractivity contribution is 6.33. The van der Waals surface area contributed by atoms with Gasteiger partial charge in [-0.25, -0.2) is 4.39 Å². The predicted octanol–water partition coefficient (Wildman–Crippen LogP) is 6.01. The summed E-state index contributed by atoms with van der Waals surface area (Å²) in [5.74, 6) is -0.441. The van der Waals surface area contributed by atoms with Crippen molar-refractivity contribution in [2.45, 2.75) is 13.0 Å². The van der Waals surface area contributed by atoms with Crippen molar-refractivity contribution >= 4 is 17.5 Å². The van der Waals surface area contributed by atoms with Gasteiger partial charge in [0.05, 0.1) is 17.2 Å². The first-order valence-corrected chi connectivity index (χ1v) is 13.0. The summed E-state index contributed by atoms with van der Waals surface area (Å²) in [6.45, 7) is 5.45. The molecule has 0 saturated carbocycles. The minimum Gasteiger partial charge on any atom is -0.367 e. The maximum Gasteiger partial charge on any atom is 0.259 e. The van der Waals surface area contributed by atoms with E-state index in [0.29, 0.717) is 38.5 Å². The molecule has 0 aliphatic carbocycles. The standard InChI is InChI=1S/C30H29ClFN3O3/c1-21-26(28(33-38-21)27-24(31)13-8-14-25(27)32)30(36)35-17-15-34(16-18-35)19-20-37-29(22-9-4-2-5-10-22)23-11-6-3-7-12-23/h2-14,29H,15-20H2,1H3. The lowest BCUT2D eigenvalue weighted by Crippen LogP contribution is -2.49. The van der Waals surface area contributed by atoms with Crippen LogP contribution in [0.4, 0.5) is 4.39 Å². The van der Waals surface area contributed by atoms with Crippen molar-refractivity contribution in [3.63, 3.8) is 0 Å². The zero-order chi connectivity index (χ0) is 26.5. The van der Waals surface area contributed by atoms with Gasteiger partial charge in [-0.3, -0.25) is 9.69 Å². The zero-order valence-electron chi connectivity index (χ0n) is 21.1. The molecule has 5 rings (SSSR count). The summed E-state index contributed by atoms with van der Waals surface area (Å²) in [4.78, 5) is 17.5. The quantitative estimate of drug-likeness (QED) is 0.278. The van der Waals surface area contributed by atoms with Crippen LogP contribution in [0, 0.1) is 12.7 Å². The van der Waals surface area contributed by atoms with Gasteiger partial charge in [0, 0.05) is 32.7 Å². The number of piperazine rings is 1. The Labute approximate surface area is 226 Å². The van der Waals surface area contributed by atoms with Crippen LogP contribution in [0.2, 0.25) is 5.02 Å². The molecule has 4 aromatic rings. The molecule has 8 heteroatoms. The number of carbonyl (C=O) groups excluding carboxylic acids is 1. The fourth-order valence-electron chi connectivity index (χ4n) is 4.79. The molecule has 0 radical (unpaired) electrons. The van der Waals surface area contributed by atoms with Crippen molar-refractivity contribution in [3.05, 3.63) is 112 Å². The lowest BCUT2D eigenvalue weighted by Gasteiger charge is -2.35. The van der Waals surface area contributed by atoms with Crippen molar-refractivity contribution < 1.29 is 18.4 Å². The first-order chi connectivity index (χ1) is 18.5. The van der Waals surface area contributed by atoms with Gasteiger partial charge < -0.3 is 14.2 Å². The molecular formula is C30H29ClFN3O3. The topological polar surface area (TPSA) is 58.8 Å². The van der Waals surface area contributed by atoms with Gasteiger partial charge in [-0.1, -0.05) is 83.5 Å². The molecule has 1 aliphatic heterocycles. The summed E-state index contributed by atoms with van der Waals surface area (Å²) in [5, 5.41) is 4.15. The van der Waals surface area contributed by atoms with E-state index >= 15 is 0 Å². The number of aryl methyl sites for hydroxylation is 1. The Morgan fingerprint density at radius 3 is 2.21 bits per heavy atom. The Morgan fingerprint density at radius 1 is 0.974 bits per heavy atom. The first kappa shape index (κ1) is 26.1. The van der Waals surface area contributed by atoms with Crippen LogP contribution in [-0.2, 0) is 4.74 Å². The maximum absolute atomic E-state index is 14.6. The Morgan fingerprint density at radius 2 is 1.61 bits per heavy atom. The highest BCUT2D eigenvalue weighted by Crippen LogP contribution is 2.34. The molecule has 6 nitrogen and oxygen atoms in total. The fraction of sp³-hybridized carbons (Fsp3) is 0.267. The maximum atomic E-state index is 14.6. The molecule has 1 amide bonds. The van der Waals surface area contributed by atoms with Gasteiger partial charge in [-0.2, -0.15) is 0 Å². The molecule has 0 unspecified atom stereocenters. The predicted molar refractivity (Wildman–Crippen MR) is 145 cm³/mol. The van der Waals surface area contributed by atoms with Gasteiger partial charge in [0.1, 0.15) is 28.9 Å². The molecule has 0 spiro atoms. The van der Waals surface area contributed by atoms with E-state index in [4.69, 9.17) is 20.9 Å². The Balaban J connectivity index is 1.20. The summed E-state index contributed by atoms with van der Waals surface area (Å²) in [6.07, 6.45) is -0.138. The molecule has 1 aromatic heterocycles. The number of carbonyl (C=O) groups is 1. The third-order valence-electron chi connectivity index (χ3n) is 6.83. The molecule has 1 aliphatic rings. The first-order valence-electron chi connectivity index (χ1n) is 12.7. The lowest BCUT2D eigenvalue weighted by atomic mass is 10.0. The number of amides is 1. The van der Waals surface area contributed by atoms with Crippen molar-refractivity contribution in [2.24, 2.45) is 0 Å². The Bertz CT molecular complexity index is 1310. The van der Waals surface area contributed by atoms with E-state index in [1.165, 1.54) is 12.1 Å². The van der Waals surface area contributed by atoms with E-state index in [1.54, 1.807) is 17.9 Å². The third kappa shape index (κ3) is 5.65. The molecule has 2 heterocycles. The molecular weight excluding hydrogens is 505 g/mol. The van der Waals surface area contributed by atoms with Gasteiger partial charge >= 0.3 is 0 Å². The summed E-state index contributed by atoms with van der Waals surface area (Å²) >= 11 is 6.24. The molecule has 0 bridgehead atoms. The monoisotopic (exact) mass is 533 g/mol. The summed E-state index contributed by atoms with van der Waals surface area (Å²) in [6, 6.07) is 24.8. The van der Waals surface area contributed by atoms with Crippen molar-refractivity contribution in [1.29, 1.82) is 0 Å². The number of hydrogen-bond acceptors (Lipinski definition) is 5. The van der Waals surface area contributed by atoms with E-state index in [2.05, 4.69) is 34.3 Å². The van der Waals surface area contributed by atoms with Crippen LogP contribution in [-0.4, -0.2) is 60.2 Å². The molecule has 1 saturated heterocycles. The molecule has 38 heavy (non-hydrogen) atoms. The Hall–Kier alpha value is -3.52. The third-order valence-corrected chi connectivity index (χ3v) is 7.15. The average molecular weight is 534 g/mol. The minimum atomic E-state index is -0.547. The average Bonchev–Trinajstić information content (AvgIpc) is 3.32. The number of halogens is 2. The summed E-state index contributed by atoms with van der Waals surface area (Å²) in [7, 11) is 0. The largest absolute Gasteiger partial charge is 0.367 e. The molecule has 0 atom stereocenters. The number of aromatic nitrogens is 1. The SMILES string of the molecule is Cc1onc(-c2c(F)cccc2Cl)c1C(=O)N1CCN(CCOC(c2ccccc2)c2ccccc2)CC1. The number of hydrogen-bond donors (Lipinski definition) is 0. The highest BCUT2D eigenvalue weighted by Gasteiger charge is 2.30. The van der Waals surface area contributed by atoms with Gasteiger partial charge in [0.15, 0.2) is 0 Å². The smallest absolute Gasteiger partial charge is 0.259 e. The normalized spacial score (nSPS) is 14.3. The van der Waals surface area contributed by atoms with E-state index in [1.807, 2.05) is 36.4 Å². The fourth-order valence-corrected chi connectivity index (χ4v) is 5.04. The van der Waals surface area contributed by atoms with Crippen LogP contribution in [0.25, 0.3) is 11.3 Å². The molecule has 0 N–H and O–H groups in total. The van der Waals surface area contributed by atoms with Crippen LogP contribution >= 0.6 is 11.6 Å². The molecule has 3 aromatic carbocycles. The van der Waals surface area contributed by atoms with Crippen molar-refractivity contribution in [2.75, 3.05) is 39.3 Å². The van der Waals surface area contributed by atoms with Crippen molar-refractivity contribution in [1.82, 2.24) is 15.0 Å². The second kappa shape index (κ2) is 11.9. The van der Waals surface area contributed by atoms with Gasteiger partial charge in [0.25, 0.3) is 5.91 Å². The highest BCUT2D eigenvalue weighted by atomic mass is 35.5. The van der Waals surface area contributed by atoms with Gasteiger partial charge in [0.2, 0.25) is 0 Å². The Kier molecular flexibility index (Phi) is 8.17. The molecule has 1 fully saturated rings. The number of ether oxygens (including phenoxy) is 1. The van der Waals surface area contributed by atoms with Crippen LogP contribution in [0.1, 0.15) is 33.3 Å². The van der Waals surface area contributed by atoms with Gasteiger partial charge in [-0.15, -0.1) is 0 Å². The van der Waals surface area contributed by atoms with Crippen LogP contribution in [0.15, 0.2) is 83.4 Å². The van der Waals surface area contributed by atoms with E-state index in [0.717, 1.165) is 17.7 Å². The van der Waals surface area contributed by atoms with Gasteiger partial charge in [-0.05, 0) is 30.2 Å². The summed E-state index contributed by atoms with van der Waals surface area (Å²) in [5.41, 5.74) is 2.70. The second-order valence-corrected chi connectivity index (χ2v) is 9.67. The summed E-state index contributed by atoms with van der Waals surface area (Å²) < 4.78 is 26.2. The van der Waals surface area contributed by atoms with E-state index < -0.39 is 5.82 Å². The van der Waals surface area contributed by atoms with E-state index in [-0.39, 0.29) is 33.9 Å². The lowest BCUT2D eigenvalue weighted by molar-refractivity contribution is 0.0408. The van der Waals surface area contributed by atoms with Crippen LogP contribution in [0.3, 0.4) is 0 Å². The minimum absolute atomic E-state index is 0.0801. The molecule has 196 valence electrons. The number of nitrogens with zero attached hydrogens (tertiary/aromatic N) is 3. The van der Waals surface area contributed by atoms with Crippen LogP contribution in [0.5, 0.6) is 0 Å².